The molecule has 1 aliphatic carbocycles. The van der Waals surface area contributed by atoms with Crippen LogP contribution in [0.3, 0.4) is 0 Å². The van der Waals surface area contributed by atoms with Crippen molar-refractivity contribution in [2.24, 2.45) is 5.41 Å². The van der Waals surface area contributed by atoms with Gasteiger partial charge in [-0.25, -0.2) is 0 Å². The van der Waals surface area contributed by atoms with Crippen LogP contribution in [0, 0.1) is 8.99 Å². The molecule has 0 aliphatic heterocycles. The van der Waals surface area contributed by atoms with E-state index in [1.54, 1.807) is 0 Å². The Kier molecular flexibility index (Phi) is 3.32. The van der Waals surface area contributed by atoms with Gasteiger partial charge in [-0.3, -0.25) is 4.79 Å². The maximum atomic E-state index is 12.0. The third-order valence-electron chi connectivity index (χ3n) is 2.99. The fraction of sp³-hybridized carbons (Fsp3) is 0.417. The SMILES string of the molecule is CC1(C)CC1NC(=O)c1cc(I)ccc1Br. The predicted octanol–water partition coefficient (Wildman–Crippen LogP) is 3.58. The van der Waals surface area contributed by atoms with Crippen molar-refractivity contribution >= 4 is 44.4 Å². The van der Waals surface area contributed by atoms with E-state index in [-0.39, 0.29) is 11.3 Å². The van der Waals surface area contributed by atoms with Crippen molar-refractivity contribution in [2.75, 3.05) is 0 Å². The third kappa shape index (κ3) is 2.59. The molecule has 0 radical (unpaired) electrons. The van der Waals surface area contributed by atoms with Crippen molar-refractivity contribution in [1.82, 2.24) is 5.32 Å². The molecule has 1 saturated carbocycles. The van der Waals surface area contributed by atoms with Crippen LogP contribution in [-0.2, 0) is 0 Å². The normalized spacial score (nSPS) is 21.6. The number of hydrogen-bond acceptors (Lipinski definition) is 1. The Bertz CT molecular complexity index is 445. The molecule has 0 saturated heterocycles. The van der Waals surface area contributed by atoms with Gasteiger partial charge in [0, 0.05) is 14.1 Å². The zero-order chi connectivity index (χ0) is 11.9. The standard InChI is InChI=1S/C12H13BrINO/c1-12(2)6-10(12)15-11(16)8-5-7(14)3-4-9(8)13/h3-5,10H,6H2,1-2H3,(H,15,16). The lowest BCUT2D eigenvalue weighted by Crippen LogP contribution is -2.28. The second-order valence-electron chi connectivity index (χ2n) is 4.84. The first kappa shape index (κ1) is 12.4. The molecule has 1 amide bonds. The molecule has 1 unspecified atom stereocenters. The molecule has 16 heavy (non-hydrogen) atoms. The molecule has 0 aromatic heterocycles. The first-order valence-electron chi connectivity index (χ1n) is 5.16. The summed E-state index contributed by atoms with van der Waals surface area (Å²) in [6.07, 6.45) is 1.07. The lowest BCUT2D eigenvalue weighted by Gasteiger charge is -2.08. The van der Waals surface area contributed by atoms with Crippen LogP contribution in [0.2, 0.25) is 0 Å². The zero-order valence-corrected chi connectivity index (χ0v) is 12.9. The summed E-state index contributed by atoms with van der Waals surface area (Å²) in [5.41, 5.74) is 0.985. The first-order chi connectivity index (χ1) is 7.40. The first-order valence-corrected chi connectivity index (χ1v) is 7.03. The van der Waals surface area contributed by atoms with Crippen molar-refractivity contribution in [3.05, 3.63) is 31.8 Å². The largest absolute Gasteiger partial charge is 0.349 e. The van der Waals surface area contributed by atoms with E-state index in [1.165, 1.54) is 0 Å². The second-order valence-corrected chi connectivity index (χ2v) is 6.94. The summed E-state index contributed by atoms with van der Waals surface area (Å²) in [4.78, 5) is 12.0. The van der Waals surface area contributed by atoms with Crippen molar-refractivity contribution < 1.29 is 4.79 Å². The lowest BCUT2D eigenvalue weighted by atomic mass is 10.1. The number of nitrogens with one attached hydrogen (secondary N) is 1. The molecular formula is C12H13BrINO. The average Bonchev–Trinajstić information content (AvgIpc) is 2.77. The van der Waals surface area contributed by atoms with E-state index in [4.69, 9.17) is 0 Å². The summed E-state index contributed by atoms with van der Waals surface area (Å²) in [6, 6.07) is 6.11. The Morgan fingerprint density at radius 1 is 1.56 bits per heavy atom. The van der Waals surface area contributed by atoms with Crippen LogP contribution in [0.25, 0.3) is 0 Å². The van der Waals surface area contributed by atoms with Crippen LogP contribution in [0.5, 0.6) is 0 Å². The van der Waals surface area contributed by atoms with Crippen molar-refractivity contribution in [2.45, 2.75) is 26.3 Å². The Morgan fingerprint density at radius 3 is 2.75 bits per heavy atom. The quantitative estimate of drug-likeness (QED) is 0.764. The molecule has 4 heteroatoms. The van der Waals surface area contributed by atoms with Gasteiger partial charge in [0.05, 0.1) is 5.56 Å². The lowest BCUT2D eigenvalue weighted by molar-refractivity contribution is 0.0945. The topological polar surface area (TPSA) is 29.1 Å². The smallest absolute Gasteiger partial charge is 0.252 e. The Hall–Kier alpha value is -0.100. The summed E-state index contributed by atoms with van der Waals surface area (Å²) >= 11 is 5.62. The molecule has 1 atom stereocenters. The van der Waals surface area contributed by atoms with Crippen LogP contribution in [0.1, 0.15) is 30.6 Å². The van der Waals surface area contributed by atoms with Crippen molar-refractivity contribution in [3.8, 4) is 0 Å². The monoisotopic (exact) mass is 393 g/mol. The summed E-state index contributed by atoms with van der Waals surface area (Å²) in [7, 11) is 0. The minimum atomic E-state index is 0.0148. The Morgan fingerprint density at radius 2 is 2.19 bits per heavy atom. The van der Waals surface area contributed by atoms with Gasteiger partial charge >= 0.3 is 0 Å². The number of benzene rings is 1. The van der Waals surface area contributed by atoms with E-state index in [0.29, 0.717) is 6.04 Å². The van der Waals surface area contributed by atoms with Crippen LogP contribution in [0.4, 0.5) is 0 Å². The number of hydrogen-bond donors (Lipinski definition) is 1. The van der Waals surface area contributed by atoms with Gasteiger partial charge in [-0.1, -0.05) is 13.8 Å². The van der Waals surface area contributed by atoms with Gasteiger partial charge in [0.1, 0.15) is 0 Å². The average molecular weight is 394 g/mol. The van der Waals surface area contributed by atoms with E-state index in [9.17, 15) is 4.79 Å². The van der Waals surface area contributed by atoms with Crippen LogP contribution < -0.4 is 5.32 Å². The predicted molar refractivity (Wildman–Crippen MR) is 76.5 cm³/mol. The highest BCUT2D eigenvalue weighted by Gasteiger charge is 2.46. The molecule has 1 aromatic rings. The van der Waals surface area contributed by atoms with Gasteiger partial charge in [0.2, 0.25) is 0 Å². The number of carbonyl (C=O) groups excluding carboxylic acids is 1. The van der Waals surface area contributed by atoms with Crippen molar-refractivity contribution in [3.63, 3.8) is 0 Å². The molecule has 1 aliphatic rings. The van der Waals surface area contributed by atoms with E-state index in [2.05, 4.69) is 57.7 Å². The van der Waals surface area contributed by atoms with Gasteiger partial charge in [0.25, 0.3) is 5.91 Å². The highest BCUT2D eigenvalue weighted by molar-refractivity contribution is 14.1. The molecule has 2 nitrogen and oxygen atoms in total. The molecule has 0 heterocycles. The van der Waals surface area contributed by atoms with Crippen LogP contribution >= 0.6 is 38.5 Å². The molecule has 0 bridgehead atoms. The Labute approximate surface area is 117 Å². The minimum Gasteiger partial charge on any atom is -0.349 e. The molecule has 86 valence electrons. The summed E-state index contributed by atoms with van der Waals surface area (Å²) < 4.78 is 1.92. The van der Waals surface area contributed by atoms with Crippen LogP contribution in [-0.4, -0.2) is 11.9 Å². The van der Waals surface area contributed by atoms with Crippen LogP contribution in [0.15, 0.2) is 22.7 Å². The molecule has 1 aromatic carbocycles. The van der Waals surface area contributed by atoms with Gasteiger partial charge in [-0.15, -0.1) is 0 Å². The molecule has 2 rings (SSSR count). The minimum absolute atomic E-state index is 0.0148. The van der Waals surface area contributed by atoms with E-state index < -0.39 is 0 Å². The van der Waals surface area contributed by atoms with Gasteiger partial charge < -0.3 is 5.32 Å². The number of rotatable bonds is 2. The van der Waals surface area contributed by atoms with Crippen molar-refractivity contribution in [1.29, 1.82) is 0 Å². The maximum absolute atomic E-state index is 12.0. The Balaban J connectivity index is 2.12. The second kappa shape index (κ2) is 4.29. The fourth-order valence-electron chi connectivity index (χ4n) is 1.62. The van der Waals surface area contributed by atoms with Gasteiger partial charge in [-0.2, -0.15) is 0 Å². The number of halogens is 2. The third-order valence-corrected chi connectivity index (χ3v) is 4.35. The number of amides is 1. The molecular weight excluding hydrogens is 381 g/mol. The summed E-state index contributed by atoms with van der Waals surface area (Å²) in [5.74, 6) is 0.0148. The molecule has 1 fully saturated rings. The fourth-order valence-corrected chi connectivity index (χ4v) is 2.54. The summed E-state index contributed by atoms with van der Waals surface area (Å²) in [6.45, 7) is 4.34. The highest BCUT2D eigenvalue weighted by Crippen LogP contribution is 2.44. The van der Waals surface area contributed by atoms with E-state index in [0.717, 1.165) is 20.0 Å². The summed E-state index contributed by atoms with van der Waals surface area (Å²) in [5, 5.41) is 3.06. The van der Waals surface area contributed by atoms with E-state index >= 15 is 0 Å². The van der Waals surface area contributed by atoms with Gasteiger partial charge in [0.15, 0.2) is 0 Å². The van der Waals surface area contributed by atoms with Gasteiger partial charge in [-0.05, 0) is 68.6 Å². The maximum Gasteiger partial charge on any atom is 0.252 e. The van der Waals surface area contributed by atoms with E-state index in [1.807, 2.05) is 18.2 Å². The number of carbonyl (C=O) groups is 1. The highest BCUT2D eigenvalue weighted by atomic mass is 127. The molecule has 1 N–H and O–H groups in total. The molecule has 0 spiro atoms. The zero-order valence-electron chi connectivity index (χ0n) is 9.18.